The van der Waals surface area contributed by atoms with Crippen LogP contribution >= 0.6 is 0 Å². The van der Waals surface area contributed by atoms with E-state index in [-0.39, 0.29) is 0 Å². The van der Waals surface area contributed by atoms with Crippen LogP contribution < -0.4 is 5.73 Å². The molecule has 0 spiro atoms. The van der Waals surface area contributed by atoms with E-state index in [9.17, 15) is 0 Å². The van der Waals surface area contributed by atoms with Gasteiger partial charge in [0.05, 0.1) is 6.26 Å². The second kappa shape index (κ2) is 5.89. The zero-order chi connectivity index (χ0) is 9.36. The average Bonchev–Trinajstić information content (AvgIpc) is 2.19. The Labute approximate surface area is 78.3 Å². The second-order valence-corrected chi connectivity index (χ2v) is 2.47. The first-order valence-corrected chi connectivity index (χ1v) is 4.13. The van der Waals surface area contributed by atoms with Crippen molar-refractivity contribution in [2.45, 2.75) is 0 Å². The van der Waals surface area contributed by atoms with Gasteiger partial charge >= 0.3 is 0 Å². The van der Waals surface area contributed by atoms with Crippen LogP contribution in [-0.4, -0.2) is 6.61 Å². The third-order valence-corrected chi connectivity index (χ3v) is 1.48. The van der Waals surface area contributed by atoms with Gasteiger partial charge in [-0.05, 0) is 23.9 Å². The highest BCUT2D eigenvalue weighted by molar-refractivity contribution is 5.47. The third kappa shape index (κ3) is 4.01. The van der Waals surface area contributed by atoms with E-state index >= 15 is 0 Å². The maximum Gasteiger partial charge on any atom is 0.107 e. The van der Waals surface area contributed by atoms with Crippen molar-refractivity contribution in [2.24, 2.45) is 5.73 Å². The van der Waals surface area contributed by atoms with Gasteiger partial charge in [-0.25, -0.2) is 0 Å². The standard InChI is InChI=1S/C11H13NO/c12-8-4-9-13-10-7-11-5-2-1-3-6-11/h1-8,10H,9,12H2. The highest BCUT2D eigenvalue weighted by atomic mass is 16.5. The molecule has 2 heteroatoms. The van der Waals surface area contributed by atoms with Gasteiger partial charge in [0.15, 0.2) is 0 Å². The Bertz CT molecular complexity index is 277. The second-order valence-electron chi connectivity index (χ2n) is 2.47. The highest BCUT2D eigenvalue weighted by Gasteiger charge is 1.81. The molecule has 0 saturated heterocycles. The molecule has 0 aliphatic carbocycles. The fourth-order valence-electron chi connectivity index (χ4n) is 0.857. The zero-order valence-electron chi connectivity index (χ0n) is 7.39. The van der Waals surface area contributed by atoms with Crippen molar-refractivity contribution < 1.29 is 4.74 Å². The van der Waals surface area contributed by atoms with E-state index in [4.69, 9.17) is 10.5 Å². The molecule has 0 amide bonds. The molecule has 2 nitrogen and oxygen atoms in total. The largest absolute Gasteiger partial charge is 0.497 e. The molecule has 0 aliphatic rings. The summed E-state index contributed by atoms with van der Waals surface area (Å²) in [4.78, 5) is 0. The first kappa shape index (κ1) is 9.39. The van der Waals surface area contributed by atoms with Crippen molar-refractivity contribution in [1.82, 2.24) is 0 Å². The molecular formula is C11H13NO. The van der Waals surface area contributed by atoms with E-state index in [1.54, 1.807) is 12.3 Å². The smallest absolute Gasteiger partial charge is 0.107 e. The van der Waals surface area contributed by atoms with Gasteiger partial charge in [0.25, 0.3) is 0 Å². The lowest BCUT2D eigenvalue weighted by atomic mass is 10.2. The van der Waals surface area contributed by atoms with Crippen molar-refractivity contribution >= 4 is 6.08 Å². The molecular weight excluding hydrogens is 162 g/mol. The fourth-order valence-corrected chi connectivity index (χ4v) is 0.857. The van der Waals surface area contributed by atoms with Crippen LogP contribution in [0.5, 0.6) is 0 Å². The lowest BCUT2D eigenvalue weighted by Gasteiger charge is -1.94. The fraction of sp³-hybridized carbons (Fsp3) is 0.0909. The van der Waals surface area contributed by atoms with Crippen molar-refractivity contribution in [3.05, 3.63) is 54.4 Å². The summed E-state index contributed by atoms with van der Waals surface area (Å²) >= 11 is 0. The summed E-state index contributed by atoms with van der Waals surface area (Å²) in [6, 6.07) is 9.98. The summed E-state index contributed by atoms with van der Waals surface area (Å²) in [7, 11) is 0. The van der Waals surface area contributed by atoms with E-state index in [2.05, 4.69) is 0 Å². The topological polar surface area (TPSA) is 35.2 Å². The van der Waals surface area contributed by atoms with E-state index in [1.165, 1.54) is 6.20 Å². The minimum Gasteiger partial charge on any atom is -0.497 e. The molecule has 0 bridgehead atoms. The number of rotatable bonds is 4. The summed E-state index contributed by atoms with van der Waals surface area (Å²) in [6.07, 6.45) is 6.78. The molecule has 0 unspecified atom stereocenters. The minimum absolute atomic E-state index is 0.514. The van der Waals surface area contributed by atoms with Crippen LogP contribution in [0, 0.1) is 0 Å². The Balaban J connectivity index is 2.32. The Morgan fingerprint density at radius 2 is 2.00 bits per heavy atom. The Hall–Kier alpha value is -1.70. The van der Waals surface area contributed by atoms with Gasteiger partial charge in [0.1, 0.15) is 6.61 Å². The van der Waals surface area contributed by atoms with Gasteiger partial charge in [-0.2, -0.15) is 0 Å². The van der Waals surface area contributed by atoms with Crippen LogP contribution in [0.15, 0.2) is 48.9 Å². The van der Waals surface area contributed by atoms with Crippen molar-refractivity contribution in [1.29, 1.82) is 0 Å². The Morgan fingerprint density at radius 3 is 2.69 bits per heavy atom. The summed E-state index contributed by atoms with van der Waals surface area (Å²) in [5.41, 5.74) is 6.26. The van der Waals surface area contributed by atoms with Crippen LogP contribution in [-0.2, 0) is 4.74 Å². The lowest BCUT2D eigenvalue weighted by Crippen LogP contribution is -1.84. The quantitative estimate of drug-likeness (QED) is 0.562. The van der Waals surface area contributed by atoms with Crippen LogP contribution in [0.3, 0.4) is 0 Å². The predicted octanol–water partition coefficient (Wildman–Crippen LogP) is 2.15. The Kier molecular flexibility index (Phi) is 4.25. The monoisotopic (exact) mass is 175 g/mol. The first-order valence-electron chi connectivity index (χ1n) is 4.13. The maximum atomic E-state index is 5.14. The van der Waals surface area contributed by atoms with Crippen LogP contribution in [0.4, 0.5) is 0 Å². The zero-order valence-corrected chi connectivity index (χ0v) is 7.39. The highest BCUT2D eigenvalue weighted by Crippen LogP contribution is 2.00. The normalized spacial score (nSPS) is 11.1. The number of hydrogen-bond acceptors (Lipinski definition) is 2. The summed E-state index contributed by atoms with van der Waals surface area (Å²) in [5.74, 6) is 0. The molecule has 0 aliphatic heterocycles. The van der Waals surface area contributed by atoms with Gasteiger partial charge in [-0.3, -0.25) is 0 Å². The molecule has 0 fully saturated rings. The van der Waals surface area contributed by atoms with Gasteiger partial charge in [-0.1, -0.05) is 30.3 Å². The van der Waals surface area contributed by atoms with Gasteiger partial charge < -0.3 is 10.5 Å². The molecule has 0 heterocycles. The van der Waals surface area contributed by atoms with Crippen molar-refractivity contribution in [3.8, 4) is 0 Å². The average molecular weight is 175 g/mol. The van der Waals surface area contributed by atoms with Crippen LogP contribution in [0.25, 0.3) is 6.08 Å². The van der Waals surface area contributed by atoms with Gasteiger partial charge in [0.2, 0.25) is 0 Å². The number of ether oxygens (including phenoxy) is 1. The molecule has 1 rings (SSSR count). The van der Waals surface area contributed by atoms with E-state index < -0.39 is 0 Å². The number of hydrogen-bond donors (Lipinski definition) is 1. The lowest BCUT2D eigenvalue weighted by molar-refractivity contribution is 0.292. The van der Waals surface area contributed by atoms with E-state index in [0.29, 0.717) is 6.61 Å². The molecule has 1 aromatic rings. The van der Waals surface area contributed by atoms with Crippen LogP contribution in [0.1, 0.15) is 5.56 Å². The van der Waals surface area contributed by atoms with Crippen molar-refractivity contribution in [2.75, 3.05) is 6.61 Å². The SMILES string of the molecule is NC=CCOC=Cc1ccccc1. The summed E-state index contributed by atoms with van der Waals surface area (Å²) in [5, 5.41) is 0. The maximum absolute atomic E-state index is 5.14. The Morgan fingerprint density at radius 1 is 1.23 bits per heavy atom. The number of nitrogens with two attached hydrogens (primary N) is 1. The molecule has 0 aromatic heterocycles. The molecule has 13 heavy (non-hydrogen) atoms. The third-order valence-electron chi connectivity index (χ3n) is 1.48. The van der Waals surface area contributed by atoms with Gasteiger partial charge in [-0.15, -0.1) is 0 Å². The summed E-state index contributed by atoms with van der Waals surface area (Å²) in [6.45, 7) is 0.514. The molecule has 0 atom stereocenters. The minimum atomic E-state index is 0.514. The summed E-state index contributed by atoms with van der Waals surface area (Å²) < 4.78 is 5.13. The van der Waals surface area contributed by atoms with E-state index in [0.717, 1.165) is 5.56 Å². The molecule has 2 N–H and O–H groups in total. The van der Waals surface area contributed by atoms with E-state index in [1.807, 2.05) is 36.4 Å². The first-order chi connectivity index (χ1) is 6.43. The molecule has 0 radical (unpaired) electrons. The molecule has 0 saturated carbocycles. The van der Waals surface area contributed by atoms with Gasteiger partial charge in [0, 0.05) is 0 Å². The van der Waals surface area contributed by atoms with Crippen molar-refractivity contribution in [3.63, 3.8) is 0 Å². The predicted molar refractivity (Wildman–Crippen MR) is 54.8 cm³/mol. The molecule has 68 valence electrons. The number of benzene rings is 1. The van der Waals surface area contributed by atoms with Crippen LogP contribution in [0.2, 0.25) is 0 Å². The molecule has 1 aromatic carbocycles.